The van der Waals surface area contributed by atoms with Gasteiger partial charge in [0.2, 0.25) is 0 Å². The molecule has 4 N–H and O–H groups in total. The van der Waals surface area contributed by atoms with E-state index in [4.69, 9.17) is 4.74 Å². The van der Waals surface area contributed by atoms with Crippen LogP contribution in [0.5, 0.6) is 0 Å². The third-order valence-corrected chi connectivity index (χ3v) is 6.35. The summed E-state index contributed by atoms with van der Waals surface area (Å²) in [5.41, 5.74) is 7.13. The van der Waals surface area contributed by atoms with Crippen molar-refractivity contribution in [3.05, 3.63) is 95.2 Å². The lowest BCUT2D eigenvalue weighted by molar-refractivity contribution is 0.0194. The van der Waals surface area contributed by atoms with E-state index in [1.807, 2.05) is 49.4 Å². The van der Waals surface area contributed by atoms with Crippen LogP contribution in [0, 0.1) is 6.92 Å². The highest BCUT2D eigenvalue weighted by atomic mass is 16.5. The van der Waals surface area contributed by atoms with E-state index < -0.39 is 18.3 Å². The third-order valence-electron chi connectivity index (χ3n) is 6.35. The van der Waals surface area contributed by atoms with Gasteiger partial charge in [-0.2, -0.15) is 0 Å². The van der Waals surface area contributed by atoms with Crippen LogP contribution in [-0.4, -0.2) is 40.5 Å². The van der Waals surface area contributed by atoms with E-state index in [2.05, 4.69) is 34.6 Å². The number of aliphatic hydroxyl groups is 2. The summed E-state index contributed by atoms with van der Waals surface area (Å²) in [6.07, 6.45) is -1.26. The molecule has 4 aromatic rings. The Morgan fingerprint density at radius 1 is 1.03 bits per heavy atom. The summed E-state index contributed by atoms with van der Waals surface area (Å²) in [5.74, 6) is -0.0341. The van der Waals surface area contributed by atoms with Crippen LogP contribution in [0.25, 0.3) is 22.0 Å². The van der Waals surface area contributed by atoms with Crippen LogP contribution in [0.2, 0.25) is 0 Å². The zero-order valence-electron chi connectivity index (χ0n) is 18.3. The molecule has 2 unspecified atom stereocenters. The number of aromatic nitrogens is 1. The number of aromatic amines is 1. The number of alkyl carbamates (subject to hydrolysis) is 1. The van der Waals surface area contributed by atoms with Crippen LogP contribution in [0.3, 0.4) is 0 Å². The molecule has 33 heavy (non-hydrogen) atoms. The second kappa shape index (κ2) is 8.73. The summed E-state index contributed by atoms with van der Waals surface area (Å²) in [6, 6.07) is 22.1. The number of rotatable bonds is 6. The molecule has 0 radical (unpaired) electrons. The molecule has 6 heteroatoms. The first kappa shape index (κ1) is 21.2. The fraction of sp³-hybridized carbons (Fsp3) is 0.222. The van der Waals surface area contributed by atoms with Crippen LogP contribution in [-0.2, 0) is 4.74 Å². The van der Waals surface area contributed by atoms with Gasteiger partial charge in [-0.15, -0.1) is 0 Å². The minimum Gasteiger partial charge on any atom is -0.449 e. The van der Waals surface area contributed by atoms with E-state index in [1.54, 1.807) is 6.20 Å². The van der Waals surface area contributed by atoms with Gasteiger partial charge in [0.1, 0.15) is 18.8 Å². The van der Waals surface area contributed by atoms with E-state index in [1.165, 1.54) is 0 Å². The quantitative estimate of drug-likeness (QED) is 0.356. The molecule has 1 aliphatic rings. The van der Waals surface area contributed by atoms with Crippen LogP contribution in [0.1, 0.15) is 34.3 Å². The lowest BCUT2D eigenvalue weighted by Crippen LogP contribution is -2.36. The van der Waals surface area contributed by atoms with Crippen molar-refractivity contribution in [3.8, 4) is 11.1 Å². The number of aryl methyl sites for hydroxylation is 1. The minimum atomic E-state index is -1.18. The molecule has 5 rings (SSSR count). The number of hydrogen-bond donors (Lipinski definition) is 4. The maximum atomic E-state index is 12.4. The van der Waals surface area contributed by atoms with Crippen molar-refractivity contribution in [2.75, 3.05) is 13.2 Å². The van der Waals surface area contributed by atoms with Gasteiger partial charge in [0.05, 0.1) is 0 Å². The summed E-state index contributed by atoms with van der Waals surface area (Å²) < 4.78 is 5.50. The number of H-pyrrole nitrogens is 1. The Kier molecular flexibility index (Phi) is 5.62. The van der Waals surface area contributed by atoms with Crippen LogP contribution in [0.15, 0.2) is 72.9 Å². The summed E-state index contributed by atoms with van der Waals surface area (Å²) in [6.45, 7) is 2.04. The van der Waals surface area contributed by atoms with Gasteiger partial charge in [-0.25, -0.2) is 4.79 Å². The van der Waals surface area contributed by atoms with Gasteiger partial charge in [0.25, 0.3) is 0 Å². The first-order valence-electron chi connectivity index (χ1n) is 11.1. The van der Waals surface area contributed by atoms with Crippen molar-refractivity contribution >= 4 is 17.0 Å². The predicted molar refractivity (Wildman–Crippen MR) is 127 cm³/mol. The topological polar surface area (TPSA) is 94.6 Å². The second-order valence-electron chi connectivity index (χ2n) is 8.51. The lowest BCUT2D eigenvalue weighted by atomic mass is 9.98. The zero-order valence-corrected chi connectivity index (χ0v) is 18.3. The van der Waals surface area contributed by atoms with Gasteiger partial charge in [-0.05, 0) is 41.3 Å². The molecular formula is C27H26N2O4. The molecule has 0 saturated carbocycles. The van der Waals surface area contributed by atoms with Crippen molar-refractivity contribution in [2.24, 2.45) is 0 Å². The minimum absolute atomic E-state index is 0.0341. The summed E-state index contributed by atoms with van der Waals surface area (Å²) in [4.78, 5) is 15.5. The Morgan fingerprint density at radius 3 is 2.39 bits per heavy atom. The number of ether oxygens (including phenoxy) is 1. The van der Waals surface area contributed by atoms with Crippen molar-refractivity contribution in [1.29, 1.82) is 0 Å². The van der Waals surface area contributed by atoms with Crippen LogP contribution in [0.4, 0.5) is 4.79 Å². The molecule has 1 amide bonds. The summed E-state index contributed by atoms with van der Waals surface area (Å²) >= 11 is 0. The van der Waals surface area contributed by atoms with Crippen molar-refractivity contribution in [3.63, 3.8) is 0 Å². The smallest absolute Gasteiger partial charge is 0.407 e. The first-order valence-corrected chi connectivity index (χ1v) is 11.1. The Bertz CT molecular complexity index is 1270. The number of hydrogen-bond acceptors (Lipinski definition) is 4. The molecule has 0 fully saturated rings. The molecule has 1 heterocycles. The van der Waals surface area contributed by atoms with Gasteiger partial charge in [0, 0.05) is 35.1 Å². The van der Waals surface area contributed by atoms with Crippen molar-refractivity contribution < 1.29 is 19.7 Å². The Hall–Kier alpha value is -3.61. The highest BCUT2D eigenvalue weighted by Crippen LogP contribution is 2.44. The molecule has 3 aromatic carbocycles. The number of fused-ring (bicyclic) bond motifs is 4. The molecule has 6 nitrogen and oxygen atoms in total. The fourth-order valence-corrected chi connectivity index (χ4v) is 4.66. The molecule has 0 spiro atoms. The number of nitrogens with one attached hydrogen (secondary N) is 2. The average Bonchev–Trinajstić information content (AvgIpc) is 3.39. The molecule has 0 aliphatic heterocycles. The van der Waals surface area contributed by atoms with Gasteiger partial charge < -0.3 is 25.3 Å². The standard InChI is InChI=1S/C27H26N2O4/c1-16-10-11-24-21(12-16)22(13-28-24)26(31)25(30)14-29-27(32)33-15-23-19-8-4-2-6-17(19)18-7-3-5-9-20(18)23/h2-13,23,25-26,28,30-31H,14-15H2,1H3,(H,29,32). The molecule has 168 valence electrons. The van der Waals surface area contributed by atoms with E-state index in [9.17, 15) is 15.0 Å². The number of amides is 1. The first-order chi connectivity index (χ1) is 16.0. The maximum absolute atomic E-state index is 12.4. The molecule has 0 saturated heterocycles. The highest BCUT2D eigenvalue weighted by molar-refractivity contribution is 5.84. The van der Waals surface area contributed by atoms with Crippen molar-refractivity contribution in [1.82, 2.24) is 10.3 Å². The number of carbonyl (C=O) groups is 1. The van der Waals surface area contributed by atoms with E-state index in [0.717, 1.165) is 38.7 Å². The highest BCUT2D eigenvalue weighted by Gasteiger charge is 2.29. The average molecular weight is 443 g/mol. The van der Waals surface area contributed by atoms with Crippen LogP contribution >= 0.6 is 0 Å². The maximum Gasteiger partial charge on any atom is 0.407 e. The Balaban J connectivity index is 1.20. The number of aliphatic hydroxyl groups excluding tert-OH is 2. The molecule has 1 aliphatic carbocycles. The van der Waals surface area contributed by atoms with E-state index in [0.29, 0.717) is 5.56 Å². The van der Waals surface area contributed by atoms with Crippen molar-refractivity contribution in [2.45, 2.75) is 25.0 Å². The monoisotopic (exact) mass is 442 g/mol. The molecule has 0 bridgehead atoms. The van der Waals surface area contributed by atoms with Gasteiger partial charge in [-0.3, -0.25) is 0 Å². The second-order valence-corrected chi connectivity index (χ2v) is 8.51. The van der Waals surface area contributed by atoms with Gasteiger partial charge in [-0.1, -0.05) is 60.2 Å². The van der Waals surface area contributed by atoms with Gasteiger partial charge in [0.15, 0.2) is 0 Å². The Labute approximate surface area is 191 Å². The zero-order chi connectivity index (χ0) is 22.9. The van der Waals surface area contributed by atoms with E-state index in [-0.39, 0.29) is 19.1 Å². The van der Waals surface area contributed by atoms with E-state index >= 15 is 0 Å². The summed E-state index contributed by atoms with van der Waals surface area (Å²) in [7, 11) is 0. The van der Waals surface area contributed by atoms with Crippen LogP contribution < -0.4 is 5.32 Å². The largest absolute Gasteiger partial charge is 0.449 e. The lowest BCUT2D eigenvalue weighted by Gasteiger charge is -2.19. The SMILES string of the molecule is Cc1ccc2[nH]cc(C(O)C(O)CNC(=O)OCC3c4ccccc4-c4ccccc43)c2c1. The number of carbonyl (C=O) groups excluding carboxylic acids is 1. The molecular weight excluding hydrogens is 416 g/mol. The van der Waals surface area contributed by atoms with Gasteiger partial charge >= 0.3 is 6.09 Å². The third kappa shape index (κ3) is 3.99. The number of benzene rings is 3. The molecule has 2 atom stereocenters. The molecule has 1 aromatic heterocycles. The fourth-order valence-electron chi connectivity index (χ4n) is 4.66. The Morgan fingerprint density at radius 2 is 1.70 bits per heavy atom. The normalized spacial score (nSPS) is 14.5. The predicted octanol–water partition coefficient (Wildman–Crippen LogP) is 4.41. The summed E-state index contributed by atoms with van der Waals surface area (Å²) in [5, 5.41) is 24.5.